The smallest absolute Gasteiger partial charge is 0.365 e. The Morgan fingerprint density at radius 3 is 2.52 bits per heavy atom. The molecule has 112 valence electrons. The van der Waals surface area contributed by atoms with E-state index in [1.165, 1.54) is 7.05 Å². The van der Waals surface area contributed by atoms with Gasteiger partial charge in [-0.25, -0.2) is 4.98 Å². The summed E-state index contributed by atoms with van der Waals surface area (Å²) in [5.74, 6) is -0.787. The summed E-state index contributed by atoms with van der Waals surface area (Å²) in [4.78, 5) is 14.9. The molecule has 0 saturated carbocycles. The van der Waals surface area contributed by atoms with E-state index in [2.05, 4.69) is 15.6 Å². The van der Waals surface area contributed by atoms with Crippen LogP contribution in [-0.2, 0) is 12.7 Å². The number of carbonyl (C=O) groups excluding carboxylic acids is 1. The molecule has 0 aliphatic rings. The minimum Gasteiger partial charge on any atom is -0.365 e. The van der Waals surface area contributed by atoms with E-state index in [4.69, 9.17) is 0 Å². The summed E-state index contributed by atoms with van der Waals surface area (Å²) in [6.45, 7) is 0.157. The molecule has 0 aliphatic heterocycles. The second-order valence-electron chi connectivity index (χ2n) is 4.11. The molecule has 4 nitrogen and oxygen atoms in total. The fourth-order valence-electron chi connectivity index (χ4n) is 1.63. The first-order valence-electron chi connectivity index (χ1n) is 5.99. The summed E-state index contributed by atoms with van der Waals surface area (Å²) < 4.78 is 38.6. The maximum absolute atomic E-state index is 12.9. The zero-order valence-corrected chi connectivity index (χ0v) is 11.8. The predicted octanol–water partition coefficient (Wildman–Crippen LogP) is 3.13. The van der Waals surface area contributed by atoms with Crippen molar-refractivity contribution in [1.82, 2.24) is 10.3 Å². The Bertz CT molecular complexity index is 625. The number of rotatable bonds is 4. The average molecular weight is 315 g/mol. The Morgan fingerprint density at radius 2 is 1.95 bits per heavy atom. The molecule has 0 spiro atoms. The molecule has 2 N–H and O–H groups in total. The van der Waals surface area contributed by atoms with Crippen LogP contribution in [0, 0.1) is 0 Å². The molecule has 0 atom stereocenters. The summed E-state index contributed by atoms with van der Waals surface area (Å²) in [6, 6.07) is 8.94. The van der Waals surface area contributed by atoms with Gasteiger partial charge >= 0.3 is 6.18 Å². The van der Waals surface area contributed by atoms with Crippen molar-refractivity contribution in [3.8, 4) is 0 Å². The van der Waals surface area contributed by atoms with Crippen molar-refractivity contribution >= 4 is 22.4 Å². The molecule has 21 heavy (non-hydrogen) atoms. The highest BCUT2D eigenvalue weighted by molar-refractivity contribution is 7.17. The number of hydrogen-bond acceptors (Lipinski definition) is 4. The molecule has 2 rings (SSSR count). The number of amides is 1. The summed E-state index contributed by atoms with van der Waals surface area (Å²) in [7, 11) is 1.45. The molecular weight excluding hydrogens is 303 g/mol. The van der Waals surface area contributed by atoms with Crippen molar-refractivity contribution in [1.29, 1.82) is 0 Å². The van der Waals surface area contributed by atoms with E-state index in [1.54, 1.807) is 24.3 Å². The molecule has 1 amide bonds. The lowest BCUT2D eigenvalue weighted by atomic mass is 10.2. The summed E-state index contributed by atoms with van der Waals surface area (Å²) in [6.07, 6.45) is -4.66. The molecular formula is C13H12F3N3OS. The van der Waals surface area contributed by atoms with Crippen molar-refractivity contribution in [2.75, 3.05) is 12.4 Å². The van der Waals surface area contributed by atoms with E-state index < -0.39 is 22.7 Å². The minimum atomic E-state index is -4.66. The Labute approximate surface area is 123 Å². The van der Waals surface area contributed by atoms with Crippen LogP contribution in [-0.4, -0.2) is 17.9 Å². The normalized spacial score (nSPS) is 11.2. The number of benzene rings is 1. The lowest BCUT2D eigenvalue weighted by molar-refractivity contribution is -0.141. The van der Waals surface area contributed by atoms with Gasteiger partial charge in [-0.2, -0.15) is 13.2 Å². The average Bonchev–Trinajstić information content (AvgIpc) is 2.90. The van der Waals surface area contributed by atoms with E-state index in [0.29, 0.717) is 11.3 Å². The number of carbonyl (C=O) groups is 1. The lowest BCUT2D eigenvalue weighted by Crippen LogP contribution is -2.24. The first kappa shape index (κ1) is 15.3. The van der Waals surface area contributed by atoms with Crippen LogP contribution in [0.3, 0.4) is 0 Å². The third-order valence-electron chi connectivity index (χ3n) is 2.61. The second kappa shape index (κ2) is 6.13. The van der Waals surface area contributed by atoms with Crippen LogP contribution in [0.15, 0.2) is 30.3 Å². The zero-order valence-electron chi connectivity index (χ0n) is 11.0. The Morgan fingerprint density at radius 1 is 1.29 bits per heavy atom. The van der Waals surface area contributed by atoms with Crippen molar-refractivity contribution < 1.29 is 18.0 Å². The van der Waals surface area contributed by atoms with Crippen molar-refractivity contribution in [2.45, 2.75) is 12.7 Å². The standard InChI is InChI=1S/C13H12F3N3OS/c1-17-12-19-10(13(14,15)16)9(21-12)11(20)18-7-8-5-3-2-4-6-8/h2-6H,7H2,1H3,(H,17,19)(H,18,20). The van der Waals surface area contributed by atoms with Crippen LogP contribution in [0.1, 0.15) is 20.9 Å². The topological polar surface area (TPSA) is 54.0 Å². The van der Waals surface area contributed by atoms with Crippen LogP contribution in [0.2, 0.25) is 0 Å². The third-order valence-corrected chi connectivity index (χ3v) is 3.68. The highest BCUT2D eigenvalue weighted by Gasteiger charge is 2.39. The lowest BCUT2D eigenvalue weighted by Gasteiger charge is -2.07. The van der Waals surface area contributed by atoms with Gasteiger partial charge in [0, 0.05) is 13.6 Å². The van der Waals surface area contributed by atoms with E-state index >= 15 is 0 Å². The fraction of sp³-hybridized carbons (Fsp3) is 0.231. The van der Waals surface area contributed by atoms with Gasteiger partial charge in [-0.15, -0.1) is 0 Å². The summed E-state index contributed by atoms with van der Waals surface area (Å²) in [5.41, 5.74) is -0.361. The van der Waals surface area contributed by atoms with Gasteiger partial charge in [-0.1, -0.05) is 41.7 Å². The highest BCUT2D eigenvalue weighted by Crippen LogP contribution is 2.35. The van der Waals surface area contributed by atoms with Gasteiger partial charge in [0.05, 0.1) is 0 Å². The number of nitrogens with zero attached hydrogens (tertiary/aromatic N) is 1. The highest BCUT2D eigenvalue weighted by atomic mass is 32.1. The SMILES string of the molecule is CNc1nc(C(F)(F)F)c(C(=O)NCc2ccccc2)s1. The van der Waals surface area contributed by atoms with E-state index in [1.807, 2.05) is 6.07 Å². The number of hydrogen-bond donors (Lipinski definition) is 2. The van der Waals surface area contributed by atoms with Gasteiger partial charge in [0.25, 0.3) is 5.91 Å². The molecule has 2 aromatic rings. The molecule has 0 fully saturated rings. The Balaban J connectivity index is 2.17. The largest absolute Gasteiger partial charge is 0.435 e. The van der Waals surface area contributed by atoms with Gasteiger partial charge in [-0.05, 0) is 5.56 Å². The maximum Gasteiger partial charge on any atom is 0.435 e. The third kappa shape index (κ3) is 3.72. The summed E-state index contributed by atoms with van der Waals surface area (Å²) in [5, 5.41) is 5.03. The van der Waals surface area contributed by atoms with Gasteiger partial charge in [0.2, 0.25) is 0 Å². The number of thiazole rings is 1. The second-order valence-corrected chi connectivity index (χ2v) is 5.11. The molecule has 0 bridgehead atoms. The van der Waals surface area contributed by atoms with Crippen LogP contribution >= 0.6 is 11.3 Å². The van der Waals surface area contributed by atoms with Crippen LogP contribution < -0.4 is 10.6 Å². The quantitative estimate of drug-likeness (QED) is 0.911. The fourth-order valence-corrected chi connectivity index (χ4v) is 2.49. The number of nitrogens with one attached hydrogen (secondary N) is 2. The van der Waals surface area contributed by atoms with E-state index in [9.17, 15) is 18.0 Å². The Hall–Kier alpha value is -2.09. The first-order valence-corrected chi connectivity index (χ1v) is 6.81. The van der Waals surface area contributed by atoms with Crippen LogP contribution in [0.4, 0.5) is 18.3 Å². The predicted molar refractivity (Wildman–Crippen MR) is 74.3 cm³/mol. The van der Waals surface area contributed by atoms with E-state index in [0.717, 1.165) is 5.56 Å². The molecule has 0 radical (unpaired) electrons. The van der Waals surface area contributed by atoms with Gasteiger partial charge in [-0.3, -0.25) is 4.79 Å². The molecule has 1 aromatic carbocycles. The molecule has 0 saturated heterocycles. The van der Waals surface area contributed by atoms with Crippen molar-refractivity contribution in [2.24, 2.45) is 0 Å². The zero-order chi connectivity index (χ0) is 15.5. The van der Waals surface area contributed by atoms with Crippen LogP contribution in [0.5, 0.6) is 0 Å². The van der Waals surface area contributed by atoms with Gasteiger partial charge in [0.1, 0.15) is 4.88 Å². The van der Waals surface area contributed by atoms with Crippen LogP contribution in [0.25, 0.3) is 0 Å². The number of alkyl halides is 3. The molecule has 8 heteroatoms. The van der Waals surface area contributed by atoms with Crippen molar-refractivity contribution in [3.05, 3.63) is 46.5 Å². The number of aromatic nitrogens is 1. The van der Waals surface area contributed by atoms with E-state index in [-0.39, 0.29) is 11.7 Å². The molecule has 0 aliphatic carbocycles. The van der Waals surface area contributed by atoms with Crippen molar-refractivity contribution in [3.63, 3.8) is 0 Å². The number of anilines is 1. The number of halogens is 3. The first-order chi connectivity index (χ1) is 9.91. The maximum atomic E-state index is 12.9. The monoisotopic (exact) mass is 315 g/mol. The van der Waals surface area contributed by atoms with Gasteiger partial charge in [0.15, 0.2) is 10.8 Å². The molecule has 0 unspecified atom stereocenters. The summed E-state index contributed by atoms with van der Waals surface area (Å²) >= 11 is 0.675. The Kier molecular flexibility index (Phi) is 4.46. The molecule has 1 heterocycles. The minimum absolute atomic E-state index is 0.0483. The molecule has 1 aromatic heterocycles. The van der Waals surface area contributed by atoms with Gasteiger partial charge < -0.3 is 10.6 Å².